The standard InChI is InChI=1S/C26H39O8P/c1-15-22(20(28)14-27)32-24(29)23(15)34-35(30,31)33-21-10-9-18-17-8-7-16-6-4-5-12-25(16,2)19(17)11-13-26(18,21)3/h7,17-22,27-28H,4-6,8-14H2,1-3H3,(H,30,31)/t17?,18?,19?,20?,21-,22?,25-,26-/m0/s1. The van der Waals surface area contributed by atoms with Crippen LogP contribution in [0.25, 0.3) is 0 Å². The fourth-order valence-corrected chi connectivity index (χ4v) is 9.40. The van der Waals surface area contributed by atoms with E-state index >= 15 is 0 Å². The zero-order chi connectivity index (χ0) is 25.2. The van der Waals surface area contributed by atoms with Gasteiger partial charge in [-0.3, -0.25) is 9.42 Å². The number of fused-ring (bicyclic) bond motifs is 5. The lowest BCUT2D eigenvalue weighted by Gasteiger charge is -2.57. The van der Waals surface area contributed by atoms with E-state index in [1.54, 1.807) is 5.57 Å². The number of esters is 1. The summed E-state index contributed by atoms with van der Waals surface area (Å²) in [5.74, 6) is 0.270. The van der Waals surface area contributed by atoms with E-state index in [0.717, 1.165) is 25.7 Å². The minimum atomic E-state index is -4.63. The third-order valence-corrected chi connectivity index (χ3v) is 11.1. The van der Waals surface area contributed by atoms with Crippen LogP contribution in [0, 0.1) is 28.6 Å². The Morgan fingerprint density at radius 3 is 2.71 bits per heavy atom. The Morgan fingerprint density at radius 2 is 1.97 bits per heavy atom. The first kappa shape index (κ1) is 25.5. The van der Waals surface area contributed by atoms with Crippen LogP contribution in [0.4, 0.5) is 0 Å². The average molecular weight is 511 g/mol. The van der Waals surface area contributed by atoms with E-state index in [4.69, 9.17) is 13.8 Å². The summed E-state index contributed by atoms with van der Waals surface area (Å²) in [7, 11) is -4.63. The van der Waals surface area contributed by atoms with Gasteiger partial charge in [-0.1, -0.05) is 31.9 Å². The van der Waals surface area contributed by atoms with Crippen molar-refractivity contribution in [3.05, 3.63) is 23.0 Å². The van der Waals surface area contributed by atoms with Crippen LogP contribution in [0.15, 0.2) is 23.0 Å². The molecule has 9 heteroatoms. The maximum atomic E-state index is 13.0. The van der Waals surface area contributed by atoms with E-state index in [9.17, 15) is 24.5 Å². The Hall–Kier alpha value is -1.18. The number of cyclic esters (lactones) is 1. The summed E-state index contributed by atoms with van der Waals surface area (Å²) in [5, 5.41) is 19.0. The minimum Gasteiger partial charge on any atom is -0.449 e. The van der Waals surface area contributed by atoms with Crippen molar-refractivity contribution in [1.29, 1.82) is 0 Å². The molecular weight excluding hydrogens is 471 g/mol. The van der Waals surface area contributed by atoms with Crippen LogP contribution < -0.4 is 0 Å². The molecule has 8 nitrogen and oxygen atoms in total. The summed E-state index contributed by atoms with van der Waals surface area (Å²) >= 11 is 0. The third-order valence-electron chi connectivity index (χ3n) is 10.1. The first-order valence-corrected chi connectivity index (χ1v) is 14.6. The van der Waals surface area contributed by atoms with E-state index in [2.05, 4.69) is 19.9 Å². The van der Waals surface area contributed by atoms with Gasteiger partial charge in [0, 0.05) is 5.57 Å². The van der Waals surface area contributed by atoms with Crippen LogP contribution in [0.5, 0.6) is 0 Å². The largest absolute Gasteiger partial charge is 0.527 e. The number of rotatable bonds is 6. The first-order chi connectivity index (χ1) is 16.5. The number of allylic oxidation sites excluding steroid dienone is 2. The lowest BCUT2D eigenvalue weighted by atomic mass is 9.48. The highest BCUT2D eigenvalue weighted by atomic mass is 31.2. The van der Waals surface area contributed by atoms with Crippen LogP contribution >= 0.6 is 7.82 Å². The van der Waals surface area contributed by atoms with Gasteiger partial charge in [0.25, 0.3) is 0 Å². The van der Waals surface area contributed by atoms with E-state index in [-0.39, 0.29) is 11.0 Å². The van der Waals surface area contributed by atoms with Gasteiger partial charge in [-0.15, -0.1) is 0 Å². The van der Waals surface area contributed by atoms with Gasteiger partial charge in [-0.05, 0) is 86.9 Å². The summed E-state index contributed by atoms with van der Waals surface area (Å²) in [4.78, 5) is 22.9. The minimum absolute atomic E-state index is 0.163. The SMILES string of the molecule is CC1=C(OP(=O)(O)O[C@H]2CCC3C4CC=C5CCCC[C@]5(C)C4CC[C@@]32C)C(=O)OC1C(O)CO. The molecule has 1 aliphatic heterocycles. The van der Waals surface area contributed by atoms with Crippen LogP contribution in [-0.2, 0) is 23.1 Å². The summed E-state index contributed by atoms with van der Waals surface area (Å²) in [6, 6.07) is 0. The fourth-order valence-electron chi connectivity index (χ4n) is 8.24. The van der Waals surface area contributed by atoms with Crippen molar-refractivity contribution in [2.45, 2.75) is 96.9 Å². The van der Waals surface area contributed by atoms with Gasteiger partial charge in [0.2, 0.25) is 5.76 Å². The quantitative estimate of drug-likeness (QED) is 0.273. The molecule has 35 heavy (non-hydrogen) atoms. The summed E-state index contributed by atoms with van der Waals surface area (Å²) in [6.07, 6.45) is 9.46. The van der Waals surface area contributed by atoms with Crippen molar-refractivity contribution in [2.75, 3.05) is 6.61 Å². The smallest absolute Gasteiger partial charge is 0.449 e. The highest BCUT2D eigenvalue weighted by molar-refractivity contribution is 7.47. The average Bonchev–Trinajstić information content (AvgIpc) is 3.28. The number of aliphatic hydroxyl groups excluding tert-OH is 2. The monoisotopic (exact) mass is 510 g/mol. The highest BCUT2D eigenvalue weighted by Crippen LogP contribution is 2.67. The molecule has 0 aromatic heterocycles. The number of hydrogen-bond acceptors (Lipinski definition) is 7. The second-order valence-electron chi connectivity index (χ2n) is 11.8. The van der Waals surface area contributed by atoms with Gasteiger partial charge in [0.15, 0.2) is 6.10 Å². The van der Waals surface area contributed by atoms with E-state index in [0.29, 0.717) is 29.6 Å². The predicted molar refractivity (Wildman–Crippen MR) is 128 cm³/mol. The molecule has 0 aromatic rings. The molecule has 4 aliphatic carbocycles. The third kappa shape index (κ3) is 4.14. The molecule has 0 aromatic carbocycles. The number of ether oxygens (including phenoxy) is 1. The molecule has 3 fully saturated rings. The van der Waals surface area contributed by atoms with Gasteiger partial charge < -0.3 is 19.5 Å². The number of phosphoric ester groups is 1. The molecule has 5 rings (SSSR count). The van der Waals surface area contributed by atoms with E-state index in [1.165, 1.54) is 32.6 Å². The maximum absolute atomic E-state index is 13.0. The molecule has 1 heterocycles. The lowest BCUT2D eigenvalue weighted by molar-refractivity contribution is -0.147. The second kappa shape index (κ2) is 8.98. The molecule has 0 spiro atoms. The fraction of sp³-hybridized carbons (Fsp3) is 0.808. The number of aliphatic hydroxyl groups is 2. The van der Waals surface area contributed by atoms with Crippen molar-refractivity contribution < 1.29 is 38.3 Å². The first-order valence-electron chi connectivity index (χ1n) is 13.1. The number of carbonyl (C=O) groups is 1. The molecule has 0 bridgehead atoms. The van der Waals surface area contributed by atoms with Gasteiger partial charge in [-0.25, -0.2) is 9.36 Å². The lowest BCUT2D eigenvalue weighted by Crippen LogP contribution is -2.50. The van der Waals surface area contributed by atoms with E-state index < -0.39 is 44.5 Å². The summed E-state index contributed by atoms with van der Waals surface area (Å²) < 4.78 is 29.1. The molecule has 0 saturated heterocycles. The molecule has 3 N–H and O–H groups in total. The number of hydrogen-bond donors (Lipinski definition) is 3. The molecule has 5 aliphatic rings. The molecule has 6 unspecified atom stereocenters. The molecule has 0 radical (unpaired) electrons. The molecule has 0 amide bonds. The molecule has 9 atom stereocenters. The van der Waals surface area contributed by atoms with Crippen molar-refractivity contribution in [3.63, 3.8) is 0 Å². The van der Waals surface area contributed by atoms with Gasteiger partial charge >= 0.3 is 13.8 Å². The van der Waals surface area contributed by atoms with E-state index in [1.807, 2.05) is 0 Å². The maximum Gasteiger partial charge on any atom is 0.527 e. The molecule has 3 saturated carbocycles. The molecule has 196 valence electrons. The zero-order valence-electron chi connectivity index (χ0n) is 20.9. The van der Waals surface area contributed by atoms with Crippen molar-refractivity contribution in [2.24, 2.45) is 28.6 Å². The normalized spacial score (nSPS) is 43.4. The van der Waals surface area contributed by atoms with Crippen molar-refractivity contribution in [1.82, 2.24) is 0 Å². The van der Waals surface area contributed by atoms with Crippen molar-refractivity contribution >= 4 is 13.8 Å². The topological polar surface area (TPSA) is 123 Å². The Kier molecular flexibility index (Phi) is 6.54. The Morgan fingerprint density at radius 1 is 1.20 bits per heavy atom. The van der Waals surface area contributed by atoms with Crippen LogP contribution in [0.1, 0.15) is 78.6 Å². The Labute approximate surface area is 207 Å². The number of phosphoric acid groups is 1. The summed E-state index contributed by atoms with van der Waals surface area (Å²) in [5.41, 5.74) is 1.88. The van der Waals surface area contributed by atoms with Crippen LogP contribution in [-0.4, -0.2) is 46.0 Å². The van der Waals surface area contributed by atoms with Gasteiger partial charge in [0.1, 0.15) is 6.10 Å². The van der Waals surface area contributed by atoms with Crippen LogP contribution in [0.3, 0.4) is 0 Å². The van der Waals surface area contributed by atoms with Crippen LogP contribution in [0.2, 0.25) is 0 Å². The predicted octanol–water partition coefficient (Wildman–Crippen LogP) is 4.39. The van der Waals surface area contributed by atoms with Gasteiger partial charge in [0.05, 0.1) is 12.7 Å². The number of carbonyl (C=O) groups excluding carboxylic acids is 1. The Balaban J connectivity index is 1.31. The molecular formula is C26H39O8P. The summed E-state index contributed by atoms with van der Waals surface area (Å²) in [6.45, 7) is 5.51. The van der Waals surface area contributed by atoms with Gasteiger partial charge in [-0.2, -0.15) is 0 Å². The van der Waals surface area contributed by atoms with Crippen molar-refractivity contribution in [3.8, 4) is 0 Å². The Bertz CT molecular complexity index is 990. The second-order valence-corrected chi connectivity index (χ2v) is 13.2. The highest BCUT2D eigenvalue weighted by Gasteiger charge is 2.60. The zero-order valence-corrected chi connectivity index (χ0v) is 21.8.